The van der Waals surface area contributed by atoms with Gasteiger partial charge >= 0.3 is 0 Å². The number of benzene rings is 2. The van der Waals surface area contributed by atoms with Crippen LogP contribution in [-0.2, 0) is 12.8 Å². The van der Waals surface area contributed by atoms with Gasteiger partial charge in [0.1, 0.15) is 0 Å². The number of aromatic nitrogens is 3. The maximum absolute atomic E-state index is 5.04. The zero-order valence-corrected chi connectivity index (χ0v) is 12.8. The Morgan fingerprint density at radius 1 is 0.870 bits per heavy atom. The molecule has 0 unspecified atom stereocenters. The Kier molecular flexibility index (Phi) is 2.74. The van der Waals surface area contributed by atoms with Crippen molar-refractivity contribution in [1.29, 1.82) is 0 Å². The summed E-state index contributed by atoms with van der Waals surface area (Å²) in [6, 6.07) is 14.8. The summed E-state index contributed by atoms with van der Waals surface area (Å²) < 4.78 is 0. The molecule has 0 spiro atoms. The molecule has 0 fully saturated rings. The highest BCUT2D eigenvalue weighted by molar-refractivity contribution is 6.06. The first-order chi connectivity index (χ1) is 11.4. The van der Waals surface area contributed by atoms with Gasteiger partial charge in [0, 0.05) is 16.3 Å². The zero-order chi connectivity index (χ0) is 15.2. The zero-order valence-electron chi connectivity index (χ0n) is 12.8. The first kappa shape index (κ1) is 12.8. The number of pyridine rings is 1. The molecule has 23 heavy (non-hydrogen) atoms. The van der Waals surface area contributed by atoms with Gasteiger partial charge in [-0.15, -0.1) is 0 Å². The Bertz CT molecular complexity index is 1020. The van der Waals surface area contributed by atoms with Crippen molar-refractivity contribution in [2.24, 2.45) is 0 Å². The van der Waals surface area contributed by atoms with E-state index in [9.17, 15) is 0 Å². The number of nitrogens with one attached hydrogen (secondary N) is 1. The van der Waals surface area contributed by atoms with Gasteiger partial charge in [-0.1, -0.05) is 30.3 Å². The minimum absolute atomic E-state index is 1.07. The van der Waals surface area contributed by atoms with Crippen LogP contribution in [0.4, 0.5) is 0 Å². The topological polar surface area (TPSA) is 41.6 Å². The van der Waals surface area contributed by atoms with Crippen molar-refractivity contribution in [2.75, 3.05) is 0 Å². The van der Waals surface area contributed by atoms with Crippen LogP contribution in [0.3, 0.4) is 0 Å². The molecule has 0 radical (unpaired) electrons. The number of H-pyrrole nitrogens is 1. The molecule has 0 amide bonds. The normalized spacial score (nSPS) is 14.3. The lowest BCUT2D eigenvalue weighted by atomic mass is 9.86. The van der Waals surface area contributed by atoms with Gasteiger partial charge in [-0.25, -0.2) is 4.98 Å². The average Bonchev–Trinajstić information content (AvgIpc) is 3.10. The predicted octanol–water partition coefficient (Wildman–Crippen LogP) is 4.66. The van der Waals surface area contributed by atoms with Crippen LogP contribution in [0, 0.1) is 0 Å². The molecule has 3 heteroatoms. The van der Waals surface area contributed by atoms with Crippen LogP contribution in [-0.4, -0.2) is 15.2 Å². The van der Waals surface area contributed by atoms with Gasteiger partial charge in [-0.2, -0.15) is 5.10 Å². The number of rotatable bonds is 1. The van der Waals surface area contributed by atoms with Gasteiger partial charge in [-0.3, -0.25) is 5.10 Å². The summed E-state index contributed by atoms with van der Waals surface area (Å²) in [7, 11) is 0. The van der Waals surface area contributed by atoms with Crippen molar-refractivity contribution < 1.29 is 0 Å². The molecule has 4 aromatic rings. The van der Waals surface area contributed by atoms with Gasteiger partial charge in [0.25, 0.3) is 0 Å². The average molecular weight is 299 g/mol. The number of nitrogens with zero attached hydrogens (tertiary/aromatic N) is 2. The molecule has 2 aromatic heterocycles. The quantitative estimate of drug-likeness (QED) is 0.555. The molecule has 1 aliphatic carbocycles. The van der Waals surface area contributed by atoms with Crippen molar-refractivity contribution in [3.05, 3.63) is 59.8 Å². The minimum Gasteiger partial charge on any atom is -0.277 e. The second kappa shape index (κ2) is 4.92. The van der Waals surface area contributed by atoms with E-state index >= 15 is 0 Å². The highest BCUT2D eigenvalue weighted by atomic mass is 15.1. The number of fused-ring (bicyclic) bond motifs is 5. The fraction of sp³-hybridized carbons (Fsp3) is 0.200. The van der Waals surface area contributed by atoms with Crippen LogP contribution in [0.2, 0.25) is 0 Å². The number of aryl methyl sites for hydroxylation is 1. The van der Waals surface area contributed by atoms with E-state index < -0.39 is 0 Å². The van der Waals surface area contributed by atoms with Gasteiger partial charge in [0.05, 0.1) is 22.9 Å². The van der Waals surface area contributed by atoms with E-state index in [2.05, 4.69) is 52.7 Å². The molecule has 0 atom stereocenters. The molecule has 112 valence electrons. The summed E-state index contributed by atoms with van der Waals surface area (Å²) in [5.74, 6) is 0. The van der Waals surface area contributed by atoms with Crippen LogP contribution in [0.15, 0.2) is 48.7 Å². The summed E-state index contributed by atoms with van der Waals surface area (Å²) in [4.78, 5) is 5.04. The number of hydrogen-bond donors (Lipinski definition) is 1. The Labute approximate surface area is 134 Å². The van der Waals surface area contributed by atoms with Crippen LogP contribution >= 0.6 is 0 Å². The Hall–Kier alpha value is -2.68. The molecule has 1 aliphatic rings. The molecule has 0 saturated heterocycles. The Morgan fingerprint density at radius 2 is 1.70 bits per heavy atom. The molecule has 2 aromatic carbocycles. The van der Waals surface area contributed by atoms with Gasteiger partial charge in [-0.05, 0) is 48.9 Å². The second-order valence-electron chi connectivity index (χ2n) is 6.28. The maximum atomic E-state index is 5.04. The summed E-state index contributed by atoms with van der Waals surface area (Å²) in [6.07, 6.45) is 6.65. The van der Waals surface area contributed by atoms with Crippen LogP contribution in [0.25, 0.3) is 33.1 Å². The Morgan fingerprint density at radius 3 is 2.57 bits per heavy atom. The lowest BCUT2D eigenvalue weighted by Crippen LogP contribution is -2.08. The molecule has 0 bridgehead atoms. The van der Waals surface area contributed by atoms with E-state index in [0.29, 0.717) is 0 Å². The van der Waals surface area contributed by atoms with Crippen molar-refractivity contribution in [1.82, 2.24) is 15.2 Å². The van der Waals surface area contributed by atoms with E-state index in [1.54, 1.807) is 0 Å². The lowest BCUT2D eigenvalue weighted by molar-refractivity contribution is 0.689. The van der Waals surface area contributed by atoms with E-state index in [4.69, 9.17) is 4.98 Å². The monoisotopic (exact) mass is 299 g/mol. The van der Waals surface area contributed by atoms with Gasteiger partial charge in [0.15, 0.2) is 0 Å². The summed E-state index contributed by atoms with van der Waals surface area (Å²) in [5, 5.41) is 9.85. The van der Waals surface area contributed by atoms with E-state index in [0.717, 1.165) is 29.6 Å². The molecule has 0 saturated carbocycles. The summed E-state index contributed by atoms with van der Waals surface area (Å²) >= 11 is 0. The molecule has 5 rings (SSSR count). The van der Waals surface area contributed by atoms with E-state index in [1.165, 1.54) is 40.3 Å². The largest absolute Gasteiger partial charge is 0.277 e. The number of hydrogen-bond acceptors (Lipinski definition) is 2. The summed E-state index contributed by atoms with van der Waals surface area (Å²) in [5.41, 5.74) is 7.48. The fourth-order valence-corrected chi connectivity index (χ4v) is 3.87. The fourth-order valence-electron chi connectivity index (χ4n) is 3.87. The van der Waals surface area contributed by atoms with Crippen LogP contribution < -0.4 is 0 Å². The maximum Gasteiger partial charge on any atom is 0.0747 e. The standard InChI is InChI=1S/C20H17N3/c1-2-6-13(7-3-1)19-16-9-5-4-8-15(16)18-17(22-19)11-10-14-12-21-23-20(14)18/h1-3,6-7,10-12H,4-5,8-9H2,(H,21,23). The molecule has 1 N–H and O–H groups in total. The molecular formula is C20H17N3. The first-order valence-corrected chi connectivity index (χ1v) is 8.25. The third-order valence-electron chi connectivity index (χ3n) is 4.93. The highest BCUT2D eigenvalue weighted by Gasteiger charge is 2.20. The third-order valence-corrected chi connectivity index (χ3v) is 4.93. The smallest absolute Gasteiger partial charge is 0.0747 e. The molecule has 3 nitrogen and oxygen atoms in total. The van der Waals surface area contributed by atoms with Crippen molar-refractivity contribution >= 4 is 21.8 Å². The van der Waals surface area contributed by atoms with Crippen molar-refractivity contribution in [3.63, 3.8) is 0 Å². The lowest BCUT2D eigenvalue weighted by Gasteiger charge is -2.21. The molecular weight excluding hydrogens is 282 g/mol. The van der Waals surface area contributed by atoms with Gasteiger partial charge in [0.2, 0.25) is 0 Å². The number of aromatic amines is 1. The minimum atomic E-state index is 1.07. The first-order valence-electron chi connectivity index (χ1n) is 8.25. The summed E-state index contributed by atoms with van der Waals surface area (Å²) in [6.45, 7) is 0. The molecule has 0 aliphatic heterocycles. The van der Waals surface area contributed by atoms with E-state index in [-0.39, 0.29) is 0 Å². The van der Waals surface area contributed by atoms with Crippen molar-refractivity contribution in [3.8, 4) is 11.3 Å². The SMILES string of the molecule is c1ccc(-c2nc3ccc4cn[nH]c4c3c3c2CCCC3)cc1. The third kappa shape index (κ3) is 1.89. The molecule has 2 heterocycles. The Balaban J connectivity index is 1.92. The van der Waals surface area contributed by atoms with Gasteiger partial charge < -0.3 is 0 Å². The van der Waals surface area contributed by atoms with Crippen LogP contribution in [0.1, 0.15) is 24.0 Å². The highest BCUT2D eigenvalue weighted by Crippen LogP contribution is 2.37. The van der Waals surface area contributed by atoms with Crippen LogP contribution in [0.5, 0.6) is 0 Å². The van der Waals surface area contributed by atoms with Crippen molar-refractivity contribution in [2.45, 2.75) is 25.7 Å². The van der Waals surface area contributed by atoms with E-state index in [1.807, 2.05) is 6.20 Å². The second-order valence-corrected chi connectivity index (χ2v) is 6.28. The predicted molar refractivity (Wildman–Crippen MR) is 93.5 cm³/mol.